The molecule has 3 nitrogen and oxygen atoms in total. The maximum absolute atomic E-state index is 5.86. The van der Waals surface area contributed by atoms with Crippen LogP contribution in [-0.2, 0) is 0 Å². The number of rotatable bonds is 2. The number of aromatic nitrogens is 1. The smallest absolute Gasteiger partial charge is 0.233 e. The van der Waals surface area contributed by atoms with Crippen LogP contribution in [0.5, 0.6) is 11.6 Å². The van der Waals surface area contributed by atoms with Crippen LogP contribution in [0, 0.1) is 0 Å². The average Bonchev–Trinajstić information content (AvgIpc) is 2.27. The Kier molecular flexibility index (Phi) is 3.76. The van der Waals surface area contributed by atoms with E-state index in [0.717, 1.165) is 0 Å². The van der Waals surface area contributed by atoms with Gasteiger partial charge in [0.25, 0.3) is 0 Å². The molecule has 17 heavy (non-hydrogen) atoms. The van der Waals surface area contributed by atoms with Gasteiger partial charge in [0.15, 0.2) is 5.75 Å². The van der Waals surface area contributed by atoms with Gasteiger partial charge in [0.1, 0.15) is 0 Å². The van der Waals surface area contributed by atoms with Crippen molar-refractivity contribution >= 4 is 44.8 Å². The van der Waals surface area contributed by atoms with Gasteiger partial charge in [-0.2, -0.15) is 0 Å². The van der Waals surface area contributed by atoms with Gasteiger partial charge < -0.3 is 10.5 Å². The third-order valence-corrected chi connectivity index (χ3v) is 2.97. The number of pyridine rings is 1. The lowest BCUT2D eigenvalue weighted by atomic mass is 10.3. The second-order valence-electron chi connectivity index (χ2n) is 3.22. The van der Waals surface area contributed by atoms with Crippen molar-refractivity contribution in [3.05, 3.63) is 45.0 Å². The molecule has 0 saturated carbocycles. The van der Waals surface area contributed by atoms with Gasteiger partial charge in [0.05, 0.1) is 15.2 Å². The van der Waals surface area contributed by atoms with Gasteiger partial charge in [-0.1, -0.05) is 23.2 Å². The van der Waals surface area contributed by atoms with Gasteiger partial charge >= 0.3 is 0 Å². The molecule has 6 heteroatoms. The first-order valence-electron chi connectivity index (χ1n) is 4.60. The first kappa shape index (κ1) is 12.5. The van der Waals surface area contributed by atoms with Crippen LogP contribution >= 0.6 is 39.1 Å². The molecule has 0 aliphatic heterocycles. The van der Waals surface area contributed by atoms with E-state index in [1.165, 1.54) is 6.20 Å². The summed E-state index contributed by atoms with van der Waals surface area (Å²) in [7, 11) is 0. The normalized spacial score (nSPS) is 10.3. The highest BCUT2D eigenvalue weighted by molar-refractivity contribution is 9.10. The van der Waals surface area contributed by atoms with Crippen molar-refractivity contribution in [2.75, 3.05) is 5.73 Å². The van der Waals surface area contributed by atoms with Crippen LogP contribution in [0.15, 0.2) is 34.9 Å². The Hall–Kier alpha value is -0.970. The van der Waals surface area contributed by atoms with E-state index in [1.54, 1.807) is 24.3 Å². The standard InChI is InChI=1S/C11H7BrCl2N2O/c12-8-3-7(14)5-16-11(8)17-10-4-6(13)1-2-9(10)15/h1-5H,15H2. The lowest BCUT2D eigenvalue weighted by Crippen LogP contribution is -1.94. The quantitative estimate of drug-likeness (QED) is 0.821. The van der Waals surface area contributed by atoms with Crippen LogP contribution < -0.4 is 10.5 Å². The van der Waals surface area contributed by atoms with E-state index in [9.17, 15) is 0 Å². The third-order valence-electron chi connectivity index (χ3n) is 1.96. The lowest BCUT2D eigenvalue weighted by molar-refractivity contribution is 0.462. The molecule has 0 aliphatic carbocycles. The van der Waals surface area contributed by atoms with Crippen molar-refractivity contribution in [3.8, 4) is 11.6 Å². The zero-order valence-electron chi connectivity index (χ0n) is 8.45. The lowest BCUT2D eigenvalue weighted by Gasteiger charge is -2.09. The SMILES string of the molecule is Nc1ccc(Cl)cc1Oc1ncc(Cl)cc1Br. The van der Waals surface area contributed by atoms with Gasteiger partial charge in [0, 0.05) is 17.3 Å². The second-order valence-corrected chi connectivity index (χ2v) is 4.95. The van der Waals surface area contributed by atoms with Crippen LogP contribution in [0.25, 0.3) is 0 Å². The maximum Gasteiger partial charge on any atom is 0.233 e. The minimum absolute atomic E-state index is 0.378. The van der Waals surface area contributed by atoms with Gasteiger partial charge in [-0.25, -0.2) is 4.98 Å². The molecule has 0 aliphatic rings. The summed E-state index contributed by atoms with van der Waals surface area (Å²) in [4.78, 5) is 4.04. The molecule has 2 aromatic rings. The molecule has 88 valence electrons. The van der Waals surface area contributed by atoms with Gasteiger partial charge in [-0.15, -0.1) is 0 Å². The van der Waals surface area contributed by atoms with E-state index in [4.69, 9.17) is 33.7 Å². The molecule has 0 fully saturated rings. The van der Waals surface area contributed by atoms with Crippen LogP contribution in [0.2, 0.25) is 10.0 Å². The summed E-state index contributed by atoms with van der Waals surface area (Å²) in [5, 5.41) is 1.06. The van der Waals surface area contributed by atoms with Crippen LogP contribution in [0.3, 0.4) is 0 Å². The molecular formula is C11H7BrCl2N2O. The predicted octanol–water partition coefficient (Wildman–Crippen LogP) is 4.53. The molecule has 1 heterocycles. The monoisotopic (exact) mass is 332 g/mol. The first-order valence-corrected chi connectivity index (χ1v) is 6.15. The van der Waals surface area contributed by atoms with Crippen LogP contribution in [-0.4, -0.2) is 4.98 Å². The number of anilines is 1. The molecule has 2 rings (SSSR count). The highest BCUT2D eigenvalue weighted by atomic mass is 79.9. The molecule has 0 spiro atoms. The van der Waals surface area contributed by atoms with E-state index in [2.05, 4.69) is 20.9 Å². The van der Waals surface area contributed by atoms with Crippen LogP contribution in [0.4, 0.5) is 5.69 Å². The Morgan fingerprint density at radius 3 is 2.65 bits per heavy atom. The minimum atomic E-state index is 0.378. The molecule has 0 radical (unpaired) electrons. The summed E-state index contributed by atoms with van der Waals surface area (Å²) in [5.74, 6) is 0.830. The number of nitrogens with zero attached hydrogens (tertiary/aromatic N) is 1. The predicted molar refractivity (Wildman–Crippen MR) is 72.9 cm³/mol. The Bertz CT molecular complexity index is 563. The average molecular weight is 334 g/mol. The Morgan fingerprint density at radius 1 is 1.18 bits per heavy atom. The number of nitrogens with two attached hydrogens (primary N) is 1. The molecule has 2 N–H and O–H groups in total. The fourth-order valence-corrected chi connectivity index (χ4v) is 2.06. The second kappa shape index (κ2) is 5.12. The maximum atomic E-state index is 5.86. The minimum Gasteiger partial charge on any atom is -0.436 e. The number of hydrogen-bond acceptors (Lipinski definition) is 3. The molecular weight excluding hydrogens is 327 g/mol. The first-order chi connectivity index (χ1) is 8.06. The topological polar surface area (TPSA) is 48.1 Å². The molecule has 0 atom stereocenters. The van der Waals surface area contributed by atoms with E-state index in [0.29, 0.717) is 31.8 Å². The molecule has 0 amide bonds. The van der Waals surface area contributed by atoms with Gasteiger partial charge in [-0.05, 0) is 34.1 Å². The van der Waals surface area contributed by atoms with Crippen molar-refractivity contribution in [1.82, 2.24) is 4.98 Å². The molecule has 1 aromatic heterocycles. The van der Waals surface area contributed by atoms with E-state index >= 15 is 0 Å². The molecule has 1 aromatic carbocycles. The van der Waals surface area contributed by atoms with Crippen molar-refractivity contribution in [2.45, 2.75) is 0 Å². The van der Waals surface area contributed by atoms with Crippen molar-refractivity contribution < 1.29 is 4.74 Å². The number of ether oxygens (including phenoxy) is 1. The third kappa shape index (κ3) is 3.03. The summed E-state index contributed by atoms with van der Waals surface area (Å²) in [6.07, 6.45) is 1.49. The molecule has 0 saturated heterocycles. The van der Waals surface area contributed by atoms with Crippen LogP contribution in [0.1, 0.15) is 0 Å². The fraction of sp³-hybridized carbons (Fsp3) is 0. The zero-order valence-corrected chi connectivity index (χ0v) is 11.6. The van der Waals surface area contributed by atoms with Gasteiger partial charge in [0.2, 0.25) is 5.88 Å². The van der Waals surface area contributed by atoms with E-state index in [1.807, 2.05) is 0 Å². The molecule has 0 unspecified atom stereocenters. The number of nitrogen functional groups attached to an aromatic ring is 1. The van der Waals surface area contributed by atoms with Gasteiger partial charge in [-0.3, -0.25) is 0 Å². The Labute approximate surface area is 117 Å². The Morgan fingerprint density at radius 2 is 1.94 bits per heavy atom. The van der Waals surface area contributed by atoms with E-state index in [-0.39, 0.29) is 0 Å². The van der Waals surface area contributed by atoms with Crippen molar-refractivity contribution in [3.63, 3.8) is 0 Å². The highest BCUT2D eigenvalue weighted by Crippen LogP contribution is 2.33. The number of benzene rings is 1. The van der Waals surface area contributed by atoms with Crippen molar-refractivity contribution in [2.24, 2.45) is 0 Å². The summed E-state index contributed by atoms with van der Waals surface area (Å²) in [6, 6.07) is 6.67. The highest BCUT2D eigenvalue weighted by Gasteiger charge is 2.08. The summed E-state index contributed by atoms with van der Waals surface area (Å²) < 4.78 is 6.19. The largest absolute Gasteiger partial charge is 0.436 e. The number of hydrogen-bond donors (Lipinski definition) is 1. The summed E-state index contributed by atoms with van der Waals surface area (Å²) in [5.41, 5.74) is 6.25. The Balaban J connectivity index is 2.34. The zero-order chi connectivity index (χ0) is 12.4. The summed E-state index contributed by atoms with van der Waals surface area (Å²) in [6.45, 7) is 0. The summed E-state index contributed by atoms with van der Waals surface area (Å²) >= 11 is 14.9. The van der Waals surface area contributed by atoms with Crippen molar-refractivity contribution in [1.29, 1.82) is 0 Å². The van der Waals surface area contributed by atoms with E-state index < -0.39 is 0 Å². The number of halogens is 3. The fourth-order valence-electron chi connectivity index (χ4n) is 1.18. The molecule has 0 bridgehead atoms.